The van der Waals surface area contributed by atoms with E-state index in [1.807, 2.05) is 6.92 Å². The molecule has 0 aromatic carbocycles. The van der Waals surface area contributed by atoms with Crippen molar-refractivity contribution in [2.45, 2.75) is 45.7 Å². The summed E-state index contributed by atoms with van der Waals surface area (Å²) < 4.78 is 6.22. The molecule has 0 aliphatic carbocycles. The van der Waals surface area contributed by atoms with Gasteiger partial charge in [-0.1, -0.05) is 24.9 Å². The number of amides is 1. The minimum atomic E-state index is -0.492. The van der Waals surface area contributed by atoms with E-state index < -0.39 is 17.3 Å². The Kier molecular flexibility index (Phi) is 6.29. The van der Waals surface area contributed by atoms with Gasteiger partial charge in [0, 0.05) is 31.4 Å². The highest BCUT2D eigenvalue weighted by Crippen LogP contribution is 2.09. The summed E-state index contributed by atoms with van der Waals surface area (Å²) in [6.45, 7) is 3.94. The second-order valence-electron chi connectivity index (χ2n) is 5.91. The zero-order chi connectivity index (χ0) is 18.4. The molecule has 2 heterocycles. The summed E-state index contributed by atoms with van der Waals surface area (Å²) in [6, 6.07) is 1.14. The van der Waals surface area contributed by atoms with Crippen molar-refractivity contribution in [3.05, 3.63) is 44.4 Å². The fourth-order valence-electron chi connectivity index (χ4n) is 2.35. The Bertz CT molecular complexity index is 836. The molecule has 0 fully saturated rings. The molecule has 0 aliphatic heterocycles. The minimum absolute atomic E-state index is 0.170. The van der Waals surface area contributed by atoms with E-state index in [0.29, 0.717) is 23.6 Å². The van der Waals surface area contributed by atoms with Crippen LogP contribution in [0.2, 0.25) is 0 Å². The fraction of sp³-hybridized carbons (Fsp3) is 0.500. The lowest BCUT2D eigenvalue weighted by atomic mass is 10.1. The summed E-state index contributed by atoms with van der Waals surface area (Å²) in [5.41, 5.74) is -0.554. The molecular weight excluding hydrogens is 326 g/mol. The number of aromatic nitrogens is 3. The summed E-state index contributed by atoms with van der Waals surface area (Å²) in [4.78, 5) is 37.9. The molecule has 0 spiro atoms. The first-order valence-electron chi connectivity index (χ1n) is 8.17. The van der Waals surface area contributed by atoms with E-state index in [1.165, 1.54) is 10.8 Å². The lowest BCUT2D eigenvalue weighted by molar-refractivity contribution is -0.118. The molecule has 1 unspecified atom stereocenters. The van der Waals surface area contributed by atoms with Crippen molar-refractivity contribution in [3.8, 4) is 0 Å². The van der Waals surface area contributed by atoms with E-state index in [-0.39, 0.29) is 12.5 Å². The van der Waals surface area contributed by atoms with Crippen LogP contribution in [0.3, 0.4) is 0 Å². The molecule has 2 rings (SSSR count). The lowest BCUT2D eigenvalue weighted by Crippen LogP contribution is -2.42. The van der Waals surface area contributed by atoms with Gasteiger partial charge in [-0.25, -0.2) is 4.79 Å². The molecule has 9 nitrogen and oxygen atoms in total. The second-order valence-corrected chi connectivity index (χ2v) is 5.91. The van der Waals surface area contributed by atoms with Crippen LogP contribution in [0.4, 0.5) is 5.82 Å². The quantitative estimate of drug-likeness (QED) is 0.643. The first-order valence-corrected chi connectivity index (χ1v) is 8.17. The van der Waals surface area contributed by atoms with E-state index in [1.54, 1.807) is 20.0 Å². The predicted octanol–water partition coefficient (Wildman–Crippen LogP) is 0.657. The van der Waals surface area contributed by atoms with Crippen LogP contribution in [0.5, 0.6) is 0 Å². The van der Waals surface area contributed by atoms with Gasteiger partial charge >= 0.3 is 5.69 Å². The van der Waals surface area contributed by atoms with Gasteiger partial charge in [0.2, 0.25) is 5.91 Å². The number of hydrogen-bond acceptors (Lipinski definition) is 6. The Balaban J connectivity index is 2.06. The molecule has 0 saturated heterocycles. The average Bonchev–Trinajstić information content (AvgIpc) is 2.96. The van der Waals surface area contributed by atoms with Gasteiger partial charge in [-0.05, 0) is 13.3 Å². The highest BCUT2D eigenvalue weighted by Gasteiger charge is 2.19. The summed E-state index contributed by atoms with van der Waals surface area (Å²) in [5, 5.41) is 9.52. The van der Waals surface area contributed by atoms with Crippen molar-refractivity contribution in [3.63, 3.8) is 0 Å². The number of carbonyl (C=O) groups excluding carboxylic acids is 1. The standard InChI is InChI=1S/C16H23N5O4/c1-4-5-6-12(15(23)18-13-7-10(2)25-20-13)17-8-11-9-21(3)16(24)19-14(11)22/h7,9,12,17H,4-6,8H2,1-3H3,(H,18,20,23)(H,19,22,24). The maximum atomic E-state index is 12.5. The van der Waals surface area contributed by atoms with Crippen LogP contribution in [0.25, 0.3) is 0 Å². The predicted molar refractivity (Wildman–Crippen MR) is 92.3 cm³/mol. The molecule has 2 aromatic rings. The van der Waals surface area contributed by atoms with Gasteiger partial charge < -0.3 is 19.7 Å². The van der Waals surface area contributed by atoms with Crippen LogP contribution in [0.1, 0.15) is 37.5 Å². The van der Waals surface area contributed by atoms with Crippen LogP contribution in [-0.4, -0.2) is 26.7 Å². The molecule has 1 amide bonds. The first-order chi connectivity index (χ1) is 11.9. The van der Waals surface area contributed by atoms with E-state index in [4.69, 9.17) is 4.52 Å². The Morgan fingerprint density at radius 2 is 2.20 bits per heavy atom. The van der Waals surface area contributed by atoms with Crippen LogP contribution in [0, 0.1) is 6.92 Å². The van der Waals surface area contributed by atoms with Gasteiger partial charge in [-0.15, -0.1) is 0 Å². The molecule has 0 saturated carbocycles. The Hall–Kier alpha value is -2.68. The molecule has 0 radical (unpaired) electrons. The second kappa shape index (κ2) is 8.43. The van der Waals surface area contributed by atoms with Crippen molar-refractivity contribution in [1.82, 2.24) is 20.0 Å². The van der Waals surface area contributed by atoms with Gasteiger partial charge in [0.25, 0.3) is 5.56 Å². The van der Waals surface area contributed by atoms with Gasteiger partial charge in [0.15, 0.2) is 5.82 Å². The van der Waals surface area contributed by atoms with E-state index >= 15 is 0 Å². The van der Waals surface area contributed by atoms with E-state index in [9.17, 15) is 14.4 Å². The summed E-state index contributed by atoms with van der Waals surface area (Å²) in [7, 11) is 1.55. The molecule has 136 valence electrons. The molecule has 9 heteroatoms. The fourth-order valence-corrected chi connectivity index (χ4v) is 2.35. The number of nitrogens with zero attached hydrogens (tertiary/aromatic N) is 2. The summed E-state index contributed by atoms with van der Waals surface area (Å²) in [6.07, 6.45) is 3.87. The highest BCUT2D eigenvalue weighted by atomic mass is 16.5. The highest BCUT2D eigenvalue weighted by molar-refractivity contribution is 5.93. The average molecular weight is 349 g/mol. The Morgan fingerprint density at radius 1 is 1.44 bits per heavy atom. The largest absolute Gasteiger partial charge is 0.360 e. The smallest absolute Gasteiger partial charge is 0.328 e. The normalized spacial score (nSPS) is 12.1. The van der Waals surface area contributed by atoms with Crippen molar-refractivity contribution in [1.29, 1.82) is 0 Å². The molecule has 25 heavy (non-hydrogen) atoms. The zero-order valence-electron chi connectivity index (χ0n) is 14.6. The van der Waals surface area contributed by atoms with Crippen molar-refractivity contribution in [2.24, 2.45) is 7.05 Å². The Labute approximate surface area is 144 Å². The third kappa shape index (κ3) is 5.15. The minimum Gasteiger partial charge on any atom is -0.360 e. The summed E-state index contributed by atoms with van der Waals surface area (Å²) >= 11 is 0. The number of unbranched alkanes of at least 4 members (excludes halogenated alkanes) is 1. The summed E-state index contributed by atoms with van der Waals surface area (Å²) in [5.74, 6) is 0.707. The molecule has 1 atom stereocenters. The SMILES string of the molecule is CCCCC(NCc1cn(C)c(=O)[nH]c1=O)C(=O)Nc1cc(C)on1. The van der Waals surface area contributed by atoms with Gasteiger partial charge in [0.05, 0.1) is 6.04 Å². The molecule has 0 bridgehead atoms. The Morgan fingerprint density at radius 3 is 2.84 bits per heavy atom. The lowest BCUT2D eigenvalue weighted by Gasteiger charge is -2.17. The van der Waals surface area contributed by atoms with Crippen LogP contribution < -0.4 is 21.9 Å². The maximum Gasteiger partial charge on any atom is 0.328 e. The topological polar surface area (TPSA) is 122 Å². The molecule has 3 N–H and O–H groups in total. The number of carbonyl (C=O) groups is 1. The third-order valence-electron chi connectivity index (χ3n) is 3.76. The number of nitrogens with one attached hydrogen (secondary N) is 3. The number of H-pyrrole nitrogens is 1. The van der Waals surface area contributed by atoms with E-state index in [0.717, 1.165) is 12.8 Å². The van der Waals surface area contributed by atoms with Crippen molar-refractivity contribution < 1.29 is 9.32 Å². The molecule has 0 aliphatic rings. The van der Waals surface area contributed by atoms with E-state index in [2.05, 4.69) is 20.8 Å². The number of hydrogen-bond donors (Lipinski definition) is 3. The molecule has 2 aromatic heterocycles. The maximum absolute atomic E-state index is 12.5. The molecular formula is C16H23N5O4. The number of aryl methyl sites for hydroxylation is 2. The van der Waals surface area contributed by atoms with Crippen LogP contribution in [-0.2, 0) is 18.4 Å². The number of rotatable bonds is 8. The number of aromatic amines is 1. The first kappa shape index (κ1) is 18.7. The van der Waals surface area contributed by atoms with Gasteiger partial charge in [-0.2, -0.15) is 0 Å². The zero-order valence-corrected chi connectivity index (χ0v) is 14.6. The van der Waals surface area contributed by atoms with Crippen LogP contribution in [0.15, 0.2) is 26.4 Å². The van der Waals surface area contributed by atoms with Crippen molar-refractivity contribution in [2.75, 3.05) is 5.32 Å². The van der Waals surface area contributed by atoms with Crippen molar-refractivity contribution >= 4 is 11.7 Å². The third-order valence-corrected chi connectivity index (χ3v) is 3.76. The van der Waals surface area contributed by atoms with Gasteiger partial charge in [-0.3, -0.25) is 14.6 Å². The monoisotopic (exact) mass is 349 g/mol. The van der Waals surface area contributed by atoms with Gasteiger partial charge in [0.1, 0.15) is 5.76 Å². The van der Waals surface area contributed by atoms with Crippen LogP contribution >= 0.6 is 0 Å². The number of anilines is 1.